The van der Waals surface area contributed by atoms with Crippen LogP contribution in [0.1, 0.15) is 24.2 Å². The smallest absolute Gasteiger partial charge is 0.338 e. The summed E-state index contributed by atoms with van der Waals surface area (Å²) in [5, 5.41) is 14.0. The van der Waals surface area contributed by atoms with Crippen LogP contribution < -0.4 is 10.1 Å². The van der Waals surface area contributed by atoms with Gasteiger partial charge < -0.3 is 14.8 Å². The minimum absolute atomic E-state index is 0.0102. The molecule has 0 aliphatic carbocycles. The Kier molecular flexibility index (Phi) is 4.68. The SMILES string of the molecule is COC(=O)c1cc(NC(C)C)c([N+](=O)[O-])c(OC)c1. The first-order chi connectivity index (χ1) is 8.90. The Morgan fingerprint density at radius 2 is 2.00 bits per heavy atom. The number of methoxy groups -OCH3 is 2. The number of nitrogens with one attached hydrogen (secondary N) is 1. The molecule has 0 heterocycles. The molecule has 104 valence electrons. The number of esters is 1. The average Bonchev–Trinajstić information content (AvgIpc) is 2.35. The Hall–Kier alpha value is -2.31. The molecule has 7 heteroatoms. The van der Waals surface area contributed by atoms with Crippen molar-refractivity contribution >= 4 is 17.3 Å². The van der Waals surface area contributed by atoms with Gasteiger partial charge in [-0.2, -0.15) is 0 Å². The number of hydrogen-bond donors (Lipinski definition) is 1. The Balaban J connectivity index is 3.44. The van der Waals surface area contributed by atoms with Crippen LogP contribution in [0.25, 0.3) is 0 Å². The van der Waals surface area contributed by atoms with E-state index in [0.29, 0.717) is 0 Å². The van der Waals surface area contributed by atoms with Gasteiger partial charge in [0.1, 0.15) is 5.69 Å². The Bertz CT molecular complexity index is 499. The van der Waals surface area contributed by atoms with Crippen molar-refractivity contribution in [2.45, 2.75) is 19.9 Å². The Morgan fingerprint density at radius 3 is 2.42 bits per heavy atom. The van der Waals surface area contributed by atoms with Crippen LogP contribution in [0.4, 0.5) is 11.4 Å². The zero-order valence-electron chi connectivity index (χ0n) is 11.2. The van der Waals surface area contributed by atoms with Gasteiger partial charge in [-0.1, -0.05) is 0 Å². The summed E-state index contributed by atoms with van der Waals surface area (Å²) in [5.74, 6) is -0.573. The van der Waals surface area contributed by atoms with Crippen molar-refractivity contribution in [2.75, 3.05) is 19.5 Å². The molecule has 0 fully saturated rings. The van der Waals surface area contributed by atoms with Crippen molar-refractivity contribution in [1.82, 2.24) is 0 Å². The molecule has 0 spiro atoms. The first-order valence-corrected chi connectivity index (χ1v) is 5.62. The minimum atomic E-state index is -0.583. The van der Waals surface area contributed by atoms with Crippen LogP contribution in [0, 0.1) is 10.1 Å². The second-order valence-corrected chi connectivity index (χ2v) is 4.12. The van der Waals surface area contributed by atoms with E-state index in [4.69, 9.17) is 4.74 Å². The molecule has 0 bridgehead atoms. The number of hydrogen-bond acceptors (Lipinski definition) is 6. The predicted molar refractivity (Wildman–Crippen MR) is 69.7 cm³/mol. The van der Waals surface area contributed by atoms with E-state index in [2.05, 4.69) is 10.1 Å². The predicted octanol–water partition coefficient (Wildman–Crippen LogP) is 2.21. The van der Waals surface area contributed by atoms with E-state index < -0.39 is 10.9 Å². The van der Waals surface area contributed by atoms with Crippen molar-refractivity contribution in [2.24, 2.45) is 0 Å². The molecule has 7 nitrogen and oxygen atoms in total. The van der Waals surface area contributed by atoms with Gasteiger partial charge in [-0.25, -0.2) is 4.79 Å². The normalized spacial score (nSPS) is 10.2. The topological polar surface area (TPSA) is 90.7 Å². The lowest BCUT2D eigenvalue weighted by Crippen LogP contribution is -2.13. The van der Waals surface area contributed by atoms with Gasteiger partial charge in [-0.3, -0.25) is 10.1 Å². The van der Waals surface area contributed by atoms with Gasteiger partial charge in [-0.15, -0.1) is 0 Å². The largest absolute Gasteiger partial charge is 0.490 e. The van der Waals surface area contributed by atoms with Crippen LogP contribution in [0.3, 0.4) is 0 Å². The summed E-state index contributed by atoms with van der Waals surface area (Å²) in [6.45, 7) is 3.67. The number of nitro benzene ring substituents is 1. The molecule has 1 aromatic carbocycles. The first-order valence-electron chi connectivity index (χ1n) is 5.62. The molecule has 1 N–H and O–H groups in total. The number of anilines is 1. The number of benzene rings is 1. The van der Waals surface area contributed by atoms with E-state index >= 15 is 0 Å². The maximum atomic E-state index is 11.5. The number of carbonyl (C=O) groups is 1. The molecule has 0 saturated carbocycles. The van der Waals surface area contributed by atoms with Crippen LogP contribution in [0.5, 0.6) is 5.75 Å². The van der Waals surface area contributed by atoms with Crippen LogP contribution in [0.2, 0.25) is 0 Å². The summed E-state index contributed by atoms with van der Waals surface area (Å²) in [6.07, 6.45) is 0. The summed E-state index contributed by atoms with van der Waals surface area (Å²) in [7, 11) is 2.55. The standard InChI is InChI=1S/C12H16N2O5/c1-7(2)13-9-5-8(12(15)19-4)6-10(18-3)11(9)14(16)17/h5-7,13H,1-4H3. The van der Waals surface area contributed by atoms with Gasteiger partial charge in [0.05, 0.1) is 24.7 Å². The van der Waals surface area contributed by atoms with Crippen molar-refractivity contribution < 1.29 is 19.2 Å². The van der Waals surface area contributed by atoms with Gasteiger partial charge in [0.15, 0.2) is 5.75 Å². The highest BCUT2D eigenvalue weighted by atomic mass is 16.6. The Morgan fingerprint density at radius 1 is 1.37 bits per heavy atom. The first kappa shape index (κ1) is 14.7. The van der Waals surface area contributed by atoms with Gasteiger partial charge in [-0.05, 0) is 19.9 Å². The Labute approximate surface area is 110 Å². The van der Waals surface area contributed by atoms with Crippen molar-refractivity contribution in [3.63, 3.8) is 0 Å². The number of carbonyl (C=O) groups excluding carboxylic acids is 1. The lowest BCUT2D eigenvalue weighted by Gasteiger charge is -2.13. The fourth-order valence-electron chi connectivity index (χ4n) is 1.61. The van der Waals surface area contributed by atoms with Crippen LogP contribution in [-0.4, -0.2) is 31.2 Å². The molecule has 0 aliphatic rings. The van der Waals surface area contributed by atoms with E-state index in [-0.39, 0.29) is 28.7 Å². The third kappa shape index (κ3) is 3.34. The highest BCUT2D eigenvalue weighted by Gasteiger charge is 2.24. The molecule has 0 amide bonds. The van der Waals surface area contributed by atoms with Crippen LogP contribution in [-0.2, 0) is 4.74 Å². The minimum Gasteiger partial charge on any atom is -0.490 e. The molecule has 19 heavy (non-hydrogen) atoms. The van der Waals surface area contributed by atoms with Gasteiger partial charge in [0.25, 0.3) is 0 Å². The second-order valence-electron chi connectivity index (χ2n) is 4.12. The fourth-order valence-corrected chi connectivity index (χ4v) is 1.61. The van der Waals surface area contributed by atoms with E-state index in [9.17, 15) is 14.9 Å². The van der Waals surface area contributed by atoms with E-state index in [1.54, 1.807) is 0 Å². The van der Waals surface area contributed by atoms with E-state index in [1.807, 2.05) is 13.8 Å². The molecular weight excluding hydrogens is 252 g/mol. The van der Waals surface area contributed by atoms with Crippen LogP contribution >= 0.6 is 0 Å². The molecular formula is C12H16N2O5. The van der Waals surface area contributed by atoms with Gasteiger partial charge >= 0.3 is 11.7 Å². The fraction of sp³-hybridized carbons (Fsp3) is 0.417. The second kappa shape index (κ2) is 6.03. The molecule has 1 rings (SSSR count). The molecule has 0 aromatic heterocycles. The van der Waals surface area contributed by atoms with Crippen LogP contribution in [0.15, 0.2) is 12.1 Å². The quantitative estimate of drug-likeness (QED) is 0.500. The lowest BCUT2D eigenvalue weighted by atomic mass is 10.1. The van der Waals surface area contributed by atoms with Crippen molar-refractivity contribution in [1.29, 1.82) is 0 Å². The number of nitrogens with zero attached hydrogens (tertiary/aromatic N) is 1. The van der Waals surface area contributed by atoms with E-state index in [1.165, 1.54) is 26.4 Å². The van der Waals surface area contributed by atoms with Crippen molar-refractivity contribution in [3.05, 3.63) is 27.8 Å². The summed E-state index contributed by atoms with van der Waals surface area (Å²) in [5.41, 5.74) is 0.205. The highest BCUT2D eigenvalue weighted by molar-refractivity contribution is 5.93. The maximum Gasteiger partial charge on any atom is 0.338 e. The third-order valence-corrected chi connectivity index (χ3v) is 2.34. The summed E-state index contributed by atoms with van der Waals surface area (Å²) < 4.78 is 9.58. The lowest BCUT2D eigenvalue weighted by molar-refractivity contribution is -0.384. The average molecular weight is 268 g/mol. The molecule has 1 aromatic rings. The van der Waals surface area contributed by atoms with E-state index in [0.717, 1.165) is 0 Å². The molecule has 0 atom stereocenters. The molecule has 0 saturated heterocycles. The van der Waals surface area contributed by atoms with Gasteiger partial charge in [0.2, 0.25) is 0 Å². The summed E-state index contributed by atoms with van der Waals surface area (Å²) in [4.78, 5) is 22.1. The number of rotatable bonds is 5. The molecule has 0 aliphatic heterocycles. The summed E-state index contributed by atoms with van der Waals surface area (Å²) >= 11 is 0. The number of ether oxygens (including phenoxy) is 2. The molecule has 0 radical (unpaired) electrons. The summed E-state index contributed by atoms with van der Waals surface area (Å²) in [6, 6.07) is 2.64. The highest BCUT2D eigenvalue weighted by Crippen LogP contribution is 2.36. The van der Waals surface area contributed by atoms with Gasteiger partial charge in [0, 0.05) is 12.1 Å². The zero-order chi connectivity index (χ0) is 14.6. The maximum absolute atomic E-state index is 11.5. The molecule has 0 unspecified atom stereocenters. The number of nitro groups is 1. The zero-order valence-corrected chi connectivity index (χ0v) is 11.2. The monoisotopic (exact) mass is 268 g/mol. The van der Waals surface area contributed by atoms with Crippen molar-refractivity contribution in [3.8, 4) is 5.75 Å². The third-order valence-electron chi connectivity index (χ3n) is 2.34.